The lowest BCUT2D eigenvalue weighted by atomic mass is 9.98. The van der Waals surface area contributed by atoms with Crippen LogP contribution in [0.15, 0.2) is 24.3 Å². The van der Waals surface area contributed by atoms with Crippen molar-refractivity contribution in [3.8, 4) is 5.75 Å². The summed E-state index contributed by atoms with van der Waals surface area (Å²) >= 11 is 0. The highest BCUT2D eigenvalue weighted by molar-refractivity contribution is 5.51. The number of hydrogen-bond acceptors (Lipinski definition) is 3. The molecule has 1 aromatic rings. The van der Waals surface area contributed by atoms with Crippen molar-refractivity contribution in [2.24, 2.45) is 0 Å². The fourth-order valence-corrected chi connectivity index (χ4v) is 2.63. The molecule has 0 amide bonds. The summed E-state index contributed by atoms with van der Waals surface area (Å²) in [5, 5.41) is 3.61. The minimum atomic E-state index is 0.154. The van der Waals surface area contributed by atoms with E-state index in [1.807, 2.05) is 12.1 Å². The van der Waals surface area contributed by atoms with Crippen molar-refractivity contribution in [2.75, 3.05) is 25.1 Å². The lowest BCUT2D eigenvalue weighted by Crippen LogP contribution is -2.61. The number of benzene rings is 1. The van der Waals surface area contributed by atoms with Crippen molar-refractivity contribution >= 4 is 5.69 Å². The molecule has 0 spiro atoms. The molecule has 1 fully saturated rings. The van der Waals surface area contributed by atoms with E-state index >= 15 is 0 Å². The molecule has 2 rings (SSSR count). The van der Waals surface area contributed by atoms with Gasteiger partial charge in [0.15, 0.2) is 0 Å². The molecule has 1 heterocycles. The van der Waals surface area contributed by atoms with Crippen LogP contribution >= 0.6 is 0 Å². The van der Waals surface area contributed by atoms with Crippen molar-refractivity contribution in [1.29, 1.82) is 0 Å². The average molecular weight is 234 g/mol. The van der Waals surface area contributed by atoms with Gasteiger partial charge in [0.1, 0.15) is 5.75 Å². The minimum Gasteiger partial charge on any atom is -0.497 e. The van der Waals surface area contributed by atoms with Gasteiger partial charge >= 0.3 is 0 Å². The van der Waals surface area contributed by atoms with Crippen molar-refractivity contribution < 1.29 is 4.74 Å². The van der Waals surface area contributed by atoms with Crippen LogP contribution in [-0.4, -0.2) is 31.8 Å². The van der Waals surface area contributed by atoms with Crippen molar-refractivity contribution in [3.05, 3.63) is 24.3 Å². The second kappa shape index (κ2) is 4.57. The van der Waals surface area contributed by atoms with Crippen LogP contribution in [0, 0.1) is 0 Å². The maximum atomic E-state index is 5.28. The Morgan fingerprint density at radius 3 is 2.82 bits per heavy atom. The van der Waals surface area contributed by atoms with E-state index in [9.17, 15) is 0 Å². The Bertz CT molecular complexity index is 390. The molecule has 1 aromatic carbocycles. The van der Waals surface area contributed by atoms with Crippen LogP contribution in [0.4, 0.5) is 5.69 Å². The standard InChI is InChI=1S/C14H22N2O/c1-11-9-16(10-14(2,3)15-11)12-6-5-7-13(8-12)17-4/h5-8,11,15H,9-10H2,1-4H3. The van der Waals surface area contributed by atoms with Crippen molar-refractivity contribution in [2.45, 2.75) is 32.4 Å². The van der Waals surface area contributed by atoms with Gasteiger partial charge in [-0.1, -0.05) is 6.07 Å². The second-order valence-electron chi connectivity index (χ2n) is 5.51. The molecular formula is C14H22N2O. The first-order valence-corrected chi connectivity index (χ1v) is 6.17. The zero-order valence-electron chi connectivity index (χ0n) is 11.2. The highest BCUT2D eigenvalue weighted by Crippen LogP contribution is 2.25. The van der Waals surface area contributed by atoms with Crippen LogP contribution in [0.1, 0.15) is 20.8 Å². The second-order valence-corrected chi connectivity index (χ2v) is 5.51. The number of ether oxygens (including phenoxy) is 1. The highest BCUT2D eigenvalue weighted by atomic mass is 16.5. The fourth-order valence-electron chi connectivity index (χ4n) is 2.63. The molecule has 1 aliphatic heterocycles. The van der Waals surface area contributed by atoms with Crippen LogP contribution in [0.3, 0.4) is 0 Å². The van der Waals surface area contributed by atoms with E-state index in [4.69, 9.17) is 4.74 Å². The summed E-state index contributed by atoms with van der Waals surface area (Å²) in [5.41, 5.74) is 1.39. The minimum absolute atomic E-state index is 0.154. The molecule has 1 saturated heterocycles. The van der Waals surface area contributed by atoms with E-state index < -0.39 is 0 Å². The molecule has 1 aliphatic rings. The predicted octanol–water partition coefficient (Wildman–Crippen LogP) is 2.27. The van der Waals surface area contributed by atoms with E-state index in [2.05, 4.69) is 43.1 Å². The quantitative estimate of drug-likeness (QED) is 0.849. The number of piperazine rings is 1. The van der Waals surface area contributed by atoms with Gasteiger partial charge < -0.3 is 15.0 Å². The predicted molar refractivity (Wildman–Crippen MR) is 71.9 cm³/mol. The molecule has 0 aromatic heterocycles. The van der Waals surface area contributed by atoms with Crippen molar-refractivity contribution in [1.82, 2.24) is 5.32 Å². The lowest BCUT2D eigenvalue weighted by molar-refractivity contribution is 0.301. The molecule has 0 radical (unpaired) electrons. The van der Waals surface area contributed by atoms with Gasteiger partial charge in [0.05, 0.1) is 7.11 Å². The first-order valence-electron chi connectivity index (χ1n) is 6.17. The largest absolute Gasteiger partial charge is 0.497 e. The molecule has 1 N–H and O–H groups in total. The first-order chi connectivity index (χ1) is 8.00. The van der Waals surface area contributed by atoms with Crippen molar-refractivity contribution in [3.63, 3.8) is 0 Å². The number of rotatable bonds is 2. The summed E-state index contributed by atoms with van der Waals surface area (Å²) in [4.78, 5) is 2.42. The Balaban J connectivity index is 2.20. The van der Waals surface area contributed by atoms with Gasteiger partial charge in [-0.15, -0.1) is 0 Å². The highest BCUT2D eigenvalue weighted by Gasteiger charge is 2.29. The topological polar surface area (TPSA) is 24.5 Å². The first kappa shape index (κ1) is 12.2. The van der Waals surface area contributed by atoms with Gasteiger partial charge in [0, 0.05) is 36.4 Å². The van der Waals surface area contributed by atoms with E-state index in [1.54, 1.807) is 7.11 Å². The number of nitrogens with zero attached hydrogens (tertiary/aromatic N) is 1. The molecule has 1 unspecified atom stereocenters. The summed E-state index contributed by atoms with van der Waals surface area (Å²) < 4.78 is 5.28. The van der Waals surface area contributed by atoms with E-state index in [0.717, 1.165) is 18.8 Å². The summed E-state index contributed by atoms with van der Waals surface area (Å²) in [7, 11) is 1.71. The number of hydrogen-bond donors (Lipinski definition) is 1. The van der Waals surface area contributed by atoms with Gasteiger partial charge in [0.25, 0.3) is 0 Å². The Morgan fingerprint density at radius 1 is 1.41 bits per heavy atom. The number of anilines is 1. The Morgan fingerprint density at radius 2 is 2.18 bits per heavy atom. The van der Waals surface area contributed by atoms with Crippen LogP contribution in [-0.2, 0) is 0 Å². The molecule has 3 heteroatoms. The molecule has 0 aliphatic carbocycles. The fraction of sp³-hybridized carbons (Fsp3) is 0.571. The van der Waals surface area contributed by atoms with Gasteiger partial charge in [-0.05, 0) is 32.9 Å². The summed E-state index contributed by atoms with van der Waals surface area (Å²) in [5.74, 6) is 0.923. The molecule has 94 valence electrons. The number of nitrogens with one attached hydrogen (secondary N) is 1. The third kappa shape index (κ3) is 2.91. The van der Waals surface area contributed by atoms with Gasteiger partial charge in [0.2, 0.25) is 0 Å². The molecule has 1 atom stereocenters. The van der Waals surface area contributed by atoms with Gasteiger partial charge in [-0.2, -0.15) is 0 Å². The monoisotopic (exact) mass is 234 g/mol. The summed E-state index contributed by atoms with van der Waals surface area (Å²) in [6.07, 6.45) is 0. The molecule has 0 bridgehead atoms. The molecule has 17 heavy (non-hydrogen) atoms. The van der Waals surface area contributed by atoms with Crippen LogP contribution in [0.25, 0.3) is 0 Å². The third-order valence-electron chi connectivity index (χ3n) is 3.14. The molecule has 0 saturated carbocycles. The maximum Gasteiger partial charge on any atom is 0.120 e. The SMILES string of the molecule is COc1cccc(N2CC(C)NC(C)(C)C2)c1. The smallest absolute Gasteiger partial charge is 0.120 e. The summed E-state index contributed by atoms with van der Waals surface area (Å²) in [6.45, 7) is 8.78. The zero-order chi connectivity index (χ0) is 12.5. The Hall–Kier alpha value is -1.22. The van der Waals surface area contributed by atoms with Crippen LogP contribution in [0.5, 0.6) is 5.75 Å². The Kier molecular flexibility index (Phi) is 3.29. The van der Waals surface area contributed by atoms with Gasteiger partial charge in [-0.3, -0.25) is 0 Å². The normalized spacial score (nSPS) is 23.5. The van der Waals surface area contributed by atoms with Gasteiger partial charge in [-0.25, -0.2) is 0 Å². The van der Waals surface area contributed by atoms with Crippen LogP contribution < -0.4 is 15.0 Å². The summed E-state index contributed by atoms with van der Waals surface area (Å²) in [6, 6.07) is 8.80. The zero-order valence-corrected chi connectivity index (χ0v) is 11.2. The lowest BCUT2D eigenvalue weighted by Gasteiger charge is -2.44. The maximum absolute atomic E-state index is 5.28. The number of methoxy groups -OCH3 is 1. The van der Waals surface area contributed by atoms with E-state index in [-0.39, 0.29) is 5.54 Å². The van der Waals surface area contributed by atoms with E-state index in [0.29, 0.717) is 6.04 Å². The van der Waals surface area contributed by atoms with E-state index in [1.165, 1.54) is 5.69 Å². The third-order valence-corrected chi connectivity index (χ3v) is 3.14. The average Bonchev–Trinajstić information content (AvgIpc) is 2.26. The van der Waals surface area contributed by atoms with Crippen LogP contribution in [0.2, 0.25) is 0 Å². The Labute approximate surface area is 104 Å². The molecule has 3 nitrogen and oxygen atoms in total. The molecular weight excluding hydrogens is 212 g/mol.